The highest BCUT2D eigenvalue weighted by atomic mass is 16.5. The van der Waals surface area contributed by atoms with E-state index in [0.29, 0.717) is 30.1 Å². The summed E-state index contributed by atoms with van der Waals surface area (Å²) in [5.74, 6) is 0.461. The van der Waals surface area contributed by atoms with E-state index in [4.69, 9.17) is 9.72 Å². The average molecular weight is 440 g/mol. The number of rotatable bonds is 4. The Morgan fingerprint density at radius 1 is 0.970 bits per heavy atom. The molecule has 6 rings (SSSR count). The number of hydrogen-bond donors (Lipinski definition) is 0. The maximum Gasteiger partial charge on any atom is 0.261 e. The Labute approximate surface area is 191 Å². The monoisotopic (exact) mass is 439 g/mol. The van der Waals surface area contributed by atoms with Crippen LogP contribution < -0.4 is 0 Å². The van der Waals surface area contributed by atoms with Crippen LogP contribution >= 0.6 is 0 Å². The number of imidazole rings is 1. The summed E-state index contributed by atoms with van der Waals surface area (Å²) in [5, 5.41) is 1.68. The van der Waals surface area contributed by atoms with Gasteiger partial charge in [-0.25, -0.2) is 4.98 Å². The largest absolute Gasteiger partial charge is 0.381 e. The van der Waals surface area contributed by atoms with Crippen molar-refractivity contribution in [3.05, 3.63) is 77.1 Å². The third kappa shape index (κ3) is 3.25. The highest BCUT2D eigenvalue weighted by molar-refractivity contribution is 6.25. The second-order valence-corrected chi connectivity index (χ2v) is 8.95. The fraction of sp³-hybridized carbons (Fsp3) is 0.296. The second kappa shape index (κ2) is 7.81. The first-order chi connectivity index (χ1) is 16.1. The number of aromatic nitrogens is 2. The molecule has 2 aliphatic rings. The van der Waals surface area contributed by atoms with Crippen molar-refractivity contribution in [2.24, 2.45) is 0 Å². The van der Waals surface area contributed by atoms with Crippen LogP contribution in [0.2, 0.25) is 0 Å². The molecule has 0 saturated carbocycles. The Morgan fingerprint density at radius 2 is 1.67 bits per heavy atom. The highest BCUT2D eigenvalue weighted by Gasteiger charge is 2.33. The van der Waals surface area contributed by atoms with Crippen molar-refractivity contribution in [2.75, 3.05) is 19.8 Å². The Kier molecular flexibility index (Phi) is 4.76. The van der Waals surface area contributed by atoms with Crippen molar-refractivity contribution in [3.63, 3.8) is 0 Å². The van der Waals surface area contributed by atoms with Gasteiger partial charge in [-0.1, -0.05) is 30.3 Å². The fourth-order valence-electron chi connectivity index (χ4n) is 5.28. The van der Waals surface area contributed by atoms with Crippen molar-refractivity contribution >= 4 is 33.6 Å². The predicted molar refractivity (Wildman–Crippen MR) is 127 cm³/mol. The van der Waals surface area contributed by atoms with Crippen LogP contribution in [0.3, 0.4) is 0 Å². The lowest BCUT2D eigenvalue weighted by Gasteiger charge is -2.28. The maximum atomic E-state index is 13.3. The molecule has 0 radical (unpaired) electrons. The Balaban J connectivity index is 1.36. The molecule has 0 unspecified atom stereocenters. The van der Waals surface area contributed by atoms with Crippen LogP contribution in [0.5, 0.6) is 0 Å². The Bertz CT molecular complexity index is 1360. The van der Waals surface area contributed by atoms with Gasteiger partial charge in [-0.15, -0.1) is 0 Å². The molecule has 33 heavy (non-hydrogen) atoms. The lowest BCUT2D eigenvalue weighted by Crippen LogP contribution is -2.41. The van der Waals surface area contributed by atoms with E-state index in [-0.39, 0.29) is 11.8 Å². The van der Waals surface area contributed by atoms with Gasteiger partial charge >= 0.3 is 0 Å². The fourth-order valence-corrected chi connectivity index (χ4v) is 5.28. The van der Waals surface area contributed by atoms with E-state index in [1.807, 2.05) is 36.4 Å². The minimum atomic E-state index is -0.228. The summed E-state index contributed by atoms with van der Waals surface area (Å²) in [4.78, 5) is 32.9. The molecule has 0 atom stereocenters. The van der Waals surface area contributed by atoms with E-state index in [2.05, 4.69) is 29.7 Å². The number of amides is 2. The molecule has 0 N–H and O–H groups in total. The summed E-state index contributed by atoms with van der Waals surface area (Å²) in [6.45, 7) is 3.84. The first-order valence-corrected chi connectivity index (χ1v) is 11.5. The summed E-state index contributed by atoms with van der Waals surface area (Å²) in [7, 11) is 0. The Hall–Kier alpha value is -3.51. The van der Waals surface area contributed by atoms with Gasteiger partial charge in [0, 0.05) is 48.7 Å². The van der Waals surface area contributed by atoms with Gasteiger partial charge in [0.2, 0.25) is 0 Å². The standard InChI is InChI=1S/C27H25N3O3/c1-17-8-9-23-22(16-17)28-24(30(23)19-11-14-33-15-12-19)10-13-29-26(31)20-6-2-4-18-5-3-7-21(25(18)20)27(29)32/h2-9,16,19H,10-15H2,1H3. The number of imide groups is 1. The lowest BCUT2D eigenvalue weighted by molar-refractivity contribution is 0.0609. The van der Waals surface area contributed by atoms with Crippen molar-refractivity contribution in [3.8, 4) is 0 Å². The number of ether oxygens (including phenoxy) is 1. The van der Waals surface area contributed by atoms with Crippen LogP contribution in [-0.2, 0) is 11.2 Å². The van der Waals surface area contributed by atoms with Gasteiger partial charge in [-0.3, -0.25) is 14.5 Å². The number of carbonyl (C=O) groups excluding carboxylic acids is 2. The molecule has 6 heteroatoms. The van der Waals surface area contributed by atoms with Crippen LogP contribution in [0.4, 0.5) is 0 Å². The van der Waals surface area contributed by atoms with Gasteiger partial charge in [0.25, 0.3) is 11.8 Å². The van der Waals surface area contributed by atoms with Crippen molar-refractivity contribution in [2.45, 2.75) is 32.2 Å². The molecule has 2 aliphatic heterocycles. The van der Waals surface area contributed by atoms with E-state index in [1.54, 1.807) is 0 Å². The van der Waals surface area contributed by atoms with E-state index in [9.17, 15) is 9.59 Å². The average Bonchev–Trinajstić information content (AvgIpc) is 3.20. The normalized spacial score (nSPS) is 16.8. The number of aryl methyl sites for hydroxylation is 1. The molecule has 0 aliphatic carbocycles. The van der Waals surface area contributed by atoms with E-state index in [0.717, 1.165) is 59.2 Å². The number of fused-ring (bicyclic) bond motifs is 1. The number of hydrogen-bond acceptors (Lipinski definition) is 4. The lowest BCUT2D eigenvalue weighted by atomic mass is 9.94. The molecule has 166 valence electrons. The first kappa shape index (κ1) is 20.1. The third-order valence-electron chi connectivity index (χ3n) is 6.89. The van der Waals surface area contributed by atoms with Gasteiger partial charge < -0.3 is 9.30 Å². The quantitative estimate of drug-likeness (QED) is 0.433. The second-order valence-electron chi connectivity index (χ2n) is 8.95. The highest BCUT2D eigenvalue weighted by Crippen LogP contribution is 2.32. The predicted octanol–water partition coefficient (Wildman–Crippen LogP) is 4.69. The van der Waals surface area contributed by atoms with Gasteiger partial charge in [-0.05, 0) is 55.0 Å². The molecule has 2 amide bonds. The minimum absolute atomic E-state index is 0.228. The summed E-state index contributed by atoms with van der Waals surface area (Å²) in [6, 6.07) is 17.9. The smallest absolute Gasteiger partial charge is 0.261 e. The molecule has 6 nitrogen and oxygen atoms in total. The van der Waals surface area contributed by atoms with Gasteiger partial charge in [0.15, 0.2) is 0 Å². The molecular weight excluding hydrogens is 414 g/mol. The van der Waals surface area contributed by atoms with Crippen LogP contribution in [0.1, 0.15) is 51.0 Å². The van der Waals surface area contributed by atoms with Crippen LogP contribution in [-0.4, -0.2) is 46.0 Å². The molecule has 3 aromatic carbocycles. The molecule has 4 aromatic rings. The van der Waals surface area contributed by atoms with Crippen LogP contribution in [0, 0.1) is 6.92 Å². The van der Waals surface area contributed by atoms with Crippen molar-refractivity contribution < 1.29 is 14.3 Å². The van der Waals surface area contributed by atoms with Crippen molar-refractivity contribution in [1.29, 1.82) is 0 Å². The molecule has 1 aromatic heterocycles. The third-order valence-corrected chi connectivity index (χ3v) is 6.89. The molecule has 1 saturated heterocycles. The SMILES string of the molecule is Cc1ccc2c(c1)nc(CCN1C(=O)c3cccc4cccc(c34)C1=O)n2C1CCOCC1. The zero-order valence-electron chi connectivity index (χ0n) is 18.6. The summed E-state index contributed by atoms with van der Waals surface area (Å²) in [5.41, 5.74) is 4.42. The van der Waals surface area contributed by atoms with Gasteiger partial charge in [-0.2, -0.15) is 0 Å². The Morgan fingerprint density at radius 3 is 2.36 bits per heavy atom. The zero-order valence-corrected chi connectivity index (χ0v) is 18.6. The molecule has 0 bridgehead atoms. The molecule has 0 spiro atoms. The van der Waals surface area contributed by atoms with Crippen LogP contribution in [0.25, 0.3) is 21.8 Å². The summed E-state index contributed by atoms with van der Waals surface area (Å²) in [6.07, 6.45) is 2.38. The van der Waals surface area contributed by atoms with Gasteiger partial charge in [0.1, 0.15) is 5.82 Å². The molecule has 1 fully saturated rings. The number of benzene rings is 3. The first-order valence-electron chi connectivity index (χ1n) is 11.5. The maximum absolute atomic E-state index is 13.3. The van der Waals surface area contributed by atoms with Gasteiger partial charge in [0.05, 0.1) is 11.0 Å². The van der Waals surface area contributed by atoms with E-state index >= 15 is 0 Å². The molecular formula is C27H25N3O3. The van der Waals surface area contributed by atoms with Crippen LogP contribution in [0.15, 0.2) is 54.6 Å². The van der Waals surface area contributed by atoms with E-state index < -0.39 is 0 Å². The summed E-state index contributed by atoms with van der Waals surface area (Å²) >= 11 is 0. The van der Waals surface area contributed by atoms with Crippen molar-refractivity contribution in [1.82, 2.24) is 14.5 Å². The zero-order chi connectivity index (χ0) is 22.5. The van der Waals surface area contributed by atoms with E-state index in [1.165, 1.54) is 4.90 Å². The topological polar surface area (TPSA) is 64.4 Å². The summed E-state index contributed by atoms with van der Waals surface area (Å²) < 4.78 is 7.89. The number of nitrogens with zero attached hydrogens (tertiary/aromatic N) is 3. The number of carbonyl (C=O) groups is 2. The minimum Gasteiger partial charge on any atom is -0.381 e. The molecule has 3 heterocycles.